The maximum atomic E-state index is 12.3. The summed E-state index contributed by atoms with van der Waals surface area (Å²) in [6.07, 6.45) is 0.338. The summed E-state index contributed by atoms with van der Waals surface area (Å²) in [6, 6.07) is 9.79. The molecule has 0 radical (unpaired) electrons. The van der Waals surface area contributed by atoms with E-state index in [-0.39, 0.29) is 11.9 Å². The number of nitrogens with zero attached hydrogens (tertiary/aromatic N) is 1. The zero-order chi connectivity index (χ0) is 18.4. The molecule has 1 heterocycles. The zero-order valence-corrected chi connectivity index (χ0v) is 15.5. The summed E-state index contributed by atoms with van der Waals surface area (Å²) < 4.78 is 5.17. The Balaban J connectivity index is 1.74. The largest absolute Gasteiger partial charge is 0.444 e. The lowest BCUT2D eigenvalue weighted by atomic mass is 10.2. The molecule has 1 aromatic carbocycles. The van der Waals surface area contributed by atoms with Gasteiger partial charge in [0.2, 0.25) is 5.91 Å². The van der Waals surface area contributed by atoms with Gasteiger partial charge >= 0.3 is 6.09 Å². The summed E-state index contributed by atoms with van der Waals surface area (Å²) in [5.74, 6) is -0.183. The molecule has 0 saturated carbocycles. The van der Waals surface area contributed by atoms with Crippen molar-refractivity contribution in [1.29, 1.82) is 0 Å². The minimum atomic E-state index is -0.627. The van der Waals surface area contributed by atoms with Crippen LogP contribution in [0.2, 0.25) is 0 Å². The molecule has 1 fully saturated rings. The molecule has 2 atom stereocenters. The number of benzene rings is 1. The molecule has 0 aliphatic carbocycles. The van der Waals surface area contributed by atoms with E-state index in [0.29, 0.717) is 0 Å². The highest BCUT2D eigenvalue weighted by Gasteiger charge is 2.27. The number of amides is 2. The first-order chi connectivity index (χ1) is 11.7. The van der Waals surface area contributed by atoms with Crippen molar-refractivity contribution in [2.75, 3.05) is 13.1 Å². The van der Waals surface area contributed by atoms with Crippen molar-refractivity contribution in [3.8, 4) is 0 Å². The van der Waals surface area contributed by atoms with Gasteiger partial charge in [-0.3, -0.25) is 9.69 Å². The van der Waals surface area contributed by atoms with Crippen LogP contribution in [0, 0.1) is 0 Å². The third kappa shape index (κ3) is 6.74. The second-order valence-electron chi connectivity index (χ2n) is 7.58. The van der Waals surface area contributed by atoms with Gasteiger partial charge in [-0.05, 0) is 39.7 Å². The standard InChI is InChI=1S/C19H29N3O3/c1-14(20-18(24)25-19(2,3)4)17(23)21-16-10-11-22(13-16)12-15-8-6-5-7-9-15/h5-9,14,16H,10-13H2,1-4H3,(H,20,24)(H,21,23)/t14-,16?/m0/s1. The van der Waals surface area contributed by atoms with E-state index in [2.05, 4.69) is 27.7 Å². The van der Waals surface area contributed by atoms with Crippen molar-refractivity contribution in [3.63, 3.8) is 0 Å². The molecule has 0 aromatic heterocycles. The first kappa shape index (κ1) is 19.2. The van der Waals surface area contributed by atoms with Crippen LogP contribution in [0.4, 0.5) is 4.79 Å². The molecule has 0 spiro atoms. The number of carbonyl (C=O) groups excluding carboxylic acids is 2. The molecule has 0 bridgehead atoms. The van der Waals surface area contributed by atoms with Crippen molar-refractivity contribution < 1.29 is 14.3 Å². The first-order valence-electron chi connectivity index (χ1n) is 8.79. The van der Waals surface area contributed by atoms with E-state index in [9.17, 15) is 9.59 Å². The Bertz CT molecular complexity index is 583. The number of rotatable bonds is 5. The van der Waals surface area contributed by atoms with Crippen LogP contribution in [-0.2, 0) is 16.1 Å². The molecule has 1 unspecified atom stereocenters. The molecule has 1 aromatic rings. The van der Waals surface area contributed by atoms with Gasteiger partial charge in [0.1, 0.15) is 11.6 Å². The van der Waals surface area contributed by atoms with Crippen LogP contribution in [0.25, 0.3) is 0 Å². The van der Waals surface area contributed by atoms with Gasteiger partial charge in [-0.15, -0.1) is 0 Å². The SMILES string of the molecule is C[C@H](NC(=O)OC(C)(C)C)C(=O)NC1CCN(Cc2ccccc2)C1. The van der Waals surface area contributed by atoms with Gasteiger partial charge in [0.15, 0.2) is 0 Å². The molecular formula is C19H29N3O3. The van der Waals surface area contributed by atoms with Crippen molar-refractivity contribution in [2.45, 2.75) is 58.3 Å². The maximum absolute atomic E-state index is 12.3. The van der Waals surface area contributed by atoms with Crippen molar-refractivity contribution in [2.24, 2.45) is 0 Å². The molecule has 138 valence electrons. The predicted molar refractivity (Wildman–Crippen MR) is 97.1 cm³/mol. The van der Waals surface area contributed by atoms with Crippen LogP contribution < -0.4 is 10.6 Å². The molecular weight excluding hydrogens is 318 g/mol. The number of nitrogens with one attached hydrogen (secondary N) is 2. The summed E-state index contributed by atoms with van der Waals surface area (Å²) in [6.45, 7) is 9.69. The van der Waals surface area contributed by atoms with Gasteiger partial charge in [-0.25, -0.2) is 4.79 Å². The van der Waals surface area contributed by atoms with Crippen LogP contribution in [0.3, 0.4) is 0 Å². The fourth-order valence-corrected chi connectivity index (χ4v) is 2.81. The van der Waals surface area contributed by atoms with Gasteiger partial charge in [0.25, 0.3) is 0 Å². The average Bonchev–Trinajstić information content (AvgIpc) is 2.93. The molecule has 25 heavy (non-hydrogen) atoms. The van der Waals surface area contributed by atoms with Gasteiger partial charge in [0.05, 0.1) is 0 Å². The number of likely N-dealkylation sites (tertiary alicyclic amines) is 1. The summed E-state index contributed by atoms with van der Waals surface area (Å²) in [5, 5.41) is 5.59. The number of ether oxygens (including phenoxy) is 1. The normalized spacial score (nSPS) is 19.3. The Morgan fingerprint density at radius 1 is 1.28 bits per heavy atom. The minimum absolute atomic E-state index is 0.110. The summed E-state index contributed by atoms with van der Waals surface area (Å²) in [5.41, 5.74) is 0.693. The highest BCUT2D eigenvalue weighted by Crippen LogP contribution is 2.13. The van der Waals surface area contributed by atoms with Crippen molar-refractivity contribution >= 4 is 12.0 Å². The quantitative estimate of drug-likeness (QED) is 0.857. The molecule has 2 amide bonds. The third-order valence-corrected chi connectivity index (χ3v) is 3.99. The number of carbonyl (C=O) groups is 2. The van der Waals surface area contributed by atoms with Crippen LogP contribution in [-0.4, -0.2) is 47.7 Å². The topological polar surface area (TPSA) is 70.7 Å². The van der Waals surface area contributed by atoms with E-state index in [1.54, 1.807) is 27.7 Å². The molecule has 2 rings (SSSR count). The summed E-state index contributed by atoms with van der Waals surface area (Å²) in [4.78, 5) is 26.3. The Labute approximate surface area is 149 Å². The highest BCUT2D eigenvalue weighted by atomic mass is 16.6. The van der Waals surface area contributed by atoms with E-state index >= 15 is 0 Å². The zero-order valence-electron chi connectivity index (χ0n) is 15.5. The average molecular weight is 347 g/mol. The monoisotopic (exact) mass is 347 g/mol. The van der Waals surface area contributed by atoms with E-state index < -0.39 is 17.7 Å². The molecule has 1 saturated heterocycles. The molecule has 1 aliphatic rings. The van der Waals surface area contributed by atoms with Gasteiger partial charge in [-0.1, -0.05) is 30.3 Å². The molecule has 1 aliphatic heterocycles. The van der Waals surface area contributed by atoms with Crippen molar-refractivity contribution in [1.82, 2.24) is 15.5 Å². The molecule has 6 nitrogen and oxygen atoms in total. The third-order valence-electron chi connectivity index (χ3n) is 3.99. The number of hydrogen-bond acceptors (Lipinski definition) is 4. The molecule has 6 heteroatoms. The van der Waals surface area contributed by atoms with Crippen LogP contribution in [0.1, 0.15) is 39.7 Å². The number of alkyl carbamates (subject to hydrolysis) is 1. The number of hydrogen-bond donors (Lipinski definition) is 2. The van der Waals surface area contributed by atoms with Crippen LogP contribution in [0.5, 0.6) is 0 Å². The highest BCUT2D eigenvalue weighted by molar-refractivity contribution is 5.85. The van der Waals surface area contributed by atoms with Gasteiger partial charge in [0, 0.05) is 25.7 Å². The molecule has 2 N–H and O–H groups in total. The minimum Gasteiger partial charge on any atom is -0.444 e. The van der Waals surface area contributed by atoms with E-state index in [1.165, 1.54) is 5.56 Å². The fraction of sp³-hybridized carbons (Fsp3) is 0.579. The van der Waals surface area contributed by atoms with E-state index in [1.807, 2.05) is 18.2 Å². The Morgan fingerprint density at radius 3 is 2.60 bits per heavy atom. The second-order valence-corrected chi connectivity index (χ2v) is 7.58. The smallest absolute Gasteiger partial charge is 0.408 e. The summed E-state index contributed by atoms with van der Waals surface area (Å²) >= 11 is 0. The maximum Gasteiger partial charge on any atom is 0.408 e. The van der Waals surface area contributed by atoms with Crippen molar-refractivity contribution in [3.05, 3.63) is 35.9 Å². The lowest BCUT2D eigenvalue weighted by Crippen LogP contribution is -2.49. The lowest BCUT2D eigenvalue weighted by molar-refractivity contribution is -0.123. The van der Waals surface area contributed by atoms with Crippen LogP contribution in [0.15, 0.2) is 30.3 Å². The van der Waals surface area contributed by atoms with Crippen LogP contribution >= 0.6 is 0 Å². The van der Waals surface area contributed by atoms with E-state index in [0.717, 1.165) is 26.1 Å². The fourth-order valence-electron chi connectivity index (χ4n) is 2.81. The Morgan fingerprint density at radius 2 is 1.96 bits per heavy atom. The van der Waals surface area contributed by atoms with Gasteiger partial charge < -0.3 is 15.4 Å². The second kappa shape index (κ2) is 8.34. The van der Waals surface area contributed by atoms with E-state index in [4.69, 9.17) is 4.74 Å². The lowest BCUT2D eigenvalue weighted by Gasteiger charge is -2.22. The predicted octanol–water partition coefficient (Wildman–Crippen LogP) is 2.29. The Kier molecular flexibility index (Phi) is 6.42. The van der Waals surface area contributed by atoms with Gasteiger partial charge in [-0.2, -0.15) is 0 Å². The first-order valence-corrected chi connectivity index (χ1v) is 8.79. The summed E-state index contributed by atoms with van der Waals surface area (Å²) in [7, 11) is 0. The Hall–Kier alpha value is -2.08.